The number of aromatic nitrogens is 1. The first-order chi connectivity index (χ1) is 10.2. The third kappa shape index (κ3) is 2.43. The van der Waals surface area contributed by atoms with Gasteiger partial charge in [-0.3, -0.25) is 4.79 Å². The number of fused-ring (bicyclic) bond motifs is 1. The molecule has 0 aliphatic carbocycles. The number of methoxy groups -OCH3 is 2. The number of benzene rings is 1. The maximum Gasteiger partial charge on any atom is 0.247 e. The zero-order valence-corrected chi connectivity index (χ0v) is 11.8. The van der Waals surface area contributed by atoms with Crippen molar-refractivity contribution in [2.75, 3.05) is 14.2 Å². The lowest BCUT2D eigenvalue weighted by Crippen LogP contribution is -2.01. The molecule has 1 aromatic carbocycles. The van der Waals surface area contributed by atoms with Crippen molar-refractivity contribution < 1.29 is 13.9 Å². The molecule has 0 saturated carbocycles. The van der Waals surface area contributed by atoms with E-state index in [4.69, 9.17) is 13.9 Å². The molecule has 0 aliphatic rings. The summed E-state index contributed by atoms with van der Waals surface area (Å²) in [7, 11) is 3.22. The lowest BCUT2D eigenvalue weighted by atomic mass is 10.0. The van der Waals surface area contributed by atoms with Crippen LogP contribution in [0.3, 0.4) is 0 Å². The Hall–Kier alpha value is -2.53. The molecule has 0 atom stereocenters. The maximum atomic E-state index is 11.2. The standard InChI is InChI=1S/C16H15NO4/c1-19-9-11-7-13-12(10-3-6-15(18)17-8-10)4-5-14(20-2)16(13)21-11/h3-8H,9H2,1-2H3,(H,17,18). The Morgan fingerprint density at radius 1 is 1.19 bits per heavy atom. The van der Waals surface area contributed by atoms with E-state index < -0.39 is 0 Å². The lowest BCUT2D eigenvalue weighted by Gasteiger charge is -2.05. The minimum atomic E-state index is -0.129. The first-order valence-corrected chi connectivity index (χ1v) is 6.50. The van der Waals surface area contributed by atoms with Gasteiger partial charge in [-0.2, -0.15) is 0 Å². The fraction of sp³-hybridized carbons (Fsp3) is 0.188. The Morgan fingerprint density at radius 2 is 2.05 bits per heavy atom. The zero-order chi connectivity index (χ0) is 14.8. The van der Waals surface area contributed by atoms with Gasteiger partial charge in [-0.1, -0.05) is 0 Å². The molecule has 0 fully saturated rings. The van der Waals surface area contributed by atoms with E-state index in [0.29, 0.717) is 17.9 Å². The minimum Gasteiger partial charge on any atom is -0.493 e. The average molecular weight is 285 g/mol. The van der Waals surface area contributed by atoms with Crippen LogP contribution in [-0.4, -0.2) is 19.2 Å². The van der Waals surface area contributed by atoms with E-state index in [9.17, 15) is 4.79 Å². The lowest BCUT2D eigenvalue weighted by molar-refractivity contribution is 0.166. The van der Waals surface area contributed by atoms with Gasteiger partial charge in [0.15, 0.2) is 11.3 Å². The van der Waals surface area contributed by atoms with E-state index in [0.717, 1.165) is 22.3 Å². The van der Waals surface area contributed by atoms with Crippen LogP contribution in [0.1, 0.15) is 5.76 Å². The Labute approximate surface area is 121 Å². The topological polar surface area (TPSA) is 64.5 Å². The normalized spacial score (nSPS) is 11.0. The van der Waals surface area contributed by atoms with Gasteiger partial charge in [-0.15, -0.1) is 0 Å². The summed E-state index contributed by atoms with van der Waals surface area (Å²) in [4.78, 5) is 13.9. The summed E-state index contributed by atoms with van der Waals surface area (Å²) in [5.41, 5.74) is 2.42. The highest BCUT2D eigenvalue weighted by Gasteiger charge is 2.14. The molecular formula is C16H15NO4. The van der Waals surface area contributed by atoms with Crippen LogP contribution < -0.4 is 10.3 Å². The number of hydrogen-bond acceptors (Lipinski definition) is 4. The van der Waals surface area contributed by atoms with E-state index in [1.807, 2.05) is 18.2 Å². The van der Waals surface area contributed by atoms with Crippen molar-refractivity contribution in [3.05, 3.63) is 52.6 Å². The molecule has 3 aromatic rings. The second-order valence-corrected chi connectivity index (χ2v) is 4.65. The summed E-state index contributed by atoms with van der Waals surface area (Å²) >= 11 is 0. The van der Waals surface area contributed by atoms with Crippen molar-refractivity contribution >= 4 is 11.0 Å². The van der Waals surface area contributed by atoms with Crippen molar-refractivity contribution in [2.45, 2.75) is 6.61 Å². The van der Waals surface area contributed by atoms with Crippen molar-refractivity contribution in [3.63, 3.8) is 0 Å². The van der Waals surface area contributed by atoms with Crippen molar-refractivity contribution in [3.8, 4) is 16.9 Å². The van der Waals surface area contributed by atoms with E-state index >= 15 is 0 Å². The monoisotopic (exact) mass is 285 g/mol. The number of pyridine rings is 1. The van der Waals surface area contributed by atoms with Gasteiger partial charge in [0.05, 0.1) is 7.11 Å². The van der Waals surface area contributed by atoms with Crippen LogP contribution in [0.15, 0.2) is 45.7 Å². The highest BCUT2D eigenvalue weighted by Crippen LogP contribution is 2.36. The number of H-pyrrole nitrogens is 1. The number of rotatable bonds is 4. The third-order valence-corrected chi connectivity index (χ3v) is 3.30. The molecule has 1 N–H and O–H groups in total. The van der Waals surface area contributed by atoms with Crippen LogP contribution in [0.4, 0.5) is 0 Å². The maximum absolute atomic E-state index is 11.2. The van der Waals surface area contributed by atoms with Crippen LogP contribution in [0.25, 0.3) is 22.1 Å². The molecule has 5 nitrogen and oxygen atoms in total. The predicted octanol–water partition coefficient (Wildman–Crippen LogP) is 2.94. The Bertz CT molecular complexity index is 811. The number of hydrogen-bond donors (Lipinski definition) is 1. The first-order valence-electron chi connectivity index (χ1n) is 6.50. The third-order valence-electron chi connectivity index (χ3n) is 3.30. The van der Waals surface area contributed by atoms with Gasteiger partial charge in [0.25, 0.3) is 0 Å². The molecule has 0 unspecified atom stereocenters. The molecule has 2 heterocycles. The van der Waals surface area contributed by atoms with Crippen LogP contribution >= 0.6 is 0 Å². The summed E-state index contributed by atoms with van der Waals surface area (Å²) in [5, 5.41) is 0.924. The molecular weight excluding hydrogens is 270 g/mol. The van der Waals surface area contributed by atoms with Crippen LogP contribution in [0, 0.1) is 0 Å². The van der Waals surface area contributed by atoms with Crippen LogP contribution in [0.5, 0.6) is 5.75 Å². The SMILES string of the molecule is COCc1cc2c(-c3ccc(=O)[nH]c3)ccc(OC)c2o1. The van der Waals surface area contributed by atoms with Crippen molar-refractivity contribution in [2.24, 2.45) is 0 Å². The quantitative estimate of drug-likeness (QED) is 0.800. The molecule has 0 radical (unpaired) electrons. The summed E-state index contributed by atoms with van der Waals surface area (Å²) in [6.07, 6.45) is 1.69. The molecule has 5 heteroatoms. The second-order valence-electron chi connectivity index (χ2n) is 4.65. The smallest absolute Gasteiger partial charge is 0.247 e. The summed E-state index contributed by atoms with van der Waals surface area (Å²) in [6.45, 7) is 0.392. The molecule has 3 rings (SSSR count). The highest BCUT2D eigenvalue weighted by atomic mass is 16.5. The fourth-order valence-corrected chi connectivity index (χ4v) is 2.35. The Morgan fingerprint density at radius 3 is 2.71 bits per heavy atom. The Kier molecular flexibility index (Phi) is 3.50. The minimum absolute atomic E-state index is 0.129. The van der Waals surface area contributed by atoms with Gasteiger partial charge in [-0.05, 0) is 35.4 Å². The van der Waals surface area contributed by atoms with Gasteiger partial charge in [0.2, 0.25) is 5.56 Å². The van der Waals surface area contributed by atoms with Crippen molar-refractivity contribution in [1.29, 1.82) is 0 Å². The summed E-state index contributed by atoms with van der Waals surface area (Å²) in [6, 6.07) is 9.01. The van der Waals surface area contributed by atoms with Crippen molar-refractivity contribution in [1.82, 2.24) is 4.98 Å². The van der Waals surface area contributed by atoms with Crippen LogP contribution in [-0.2, 0) is 11.3 Å². The molecule has 0 saturated heterocycles. The highest BCUT2D eigenvalue weighted by molar-refractivity contribution is 5.97. The van der Waals surface area contributed by atoms with Gasteiger partial charge in [-0.25, -0.2) is 0 Å². The average Bonchev–Trinajstić information content (AvgIpc) is 2.91. The van der Waals surface area contributed by atoms with Gasteiger partial charge < -0.3 is 18.9 Å². The molecule has 21 heavy (non-hydrogen) atoms. The number of nitrogens with one attached hydrogen (secondary N) is 1. The van der Waals surface area contributed by atoms with Gasteiger partial charge in [0, 0.05) is 24.8 Å². The predicted molar refractivity (Wildman–Crippen MR) is 79.5 cm³/mol. The summed E-state index contributed by atoms with van der Waals surface area (Å²) in [5.74, 6) is 1.39. The zero-order valence-electron chi connectivity index (χ0n) is 11.8. The fourth-order valence-electron chi connectivity index (χ4n) is 2.35. The second kappa shape index (κ2) is 5.46. The Balaban J connectivity index is 2.23. The van der Waals surface area contributed by atoms with Crippen LogP contribution in [0.2, 0.25) is 0 Å². The van der Waals surface area contributed by atoms with E-state index in [1.165, 1.54) is 6.07 Å². The first kappa shape index (κ1) is 13.5. The number of aromatic amines is 1. The summed E-state index contributed by atoms with van der Waals surface area (Å²) < 4.78 is 16.2. The van der Waals surface area contributed by atoms with Gasteiger partial charge >= 0.3 is 0 Å². The largest absolute Gasteiger partial charge is 0.493 e. The molecule has 0 aliphatic heterocycles. The molecule has 108 valence electrons. The molecule has 2 aromatic heterocycles. The van der Waals surface area contributed by atoms with E-state index in [1.54, 1.807) is 26.5 Å². The van der Waals surface area contributed by atoms with E-state index in [-0.39, 0.29) is 5.56 Å². The molecule has 0 bridgehead atoms. The van der Waals surface area contributed by atoms with Gasteiger partial charge in [0.1, 0.15) is 12.4 Å². The molecule has 0 spiro atoms. The number of furan rings is 1. The number of ether oxygens (including phenoxy) is 2. The molecule has 0 amide bonds. The van der Waals surface area contributed by atoms with E-state index in [2.05, 4.69) is 4.98 Å².